The first kappa shape index (κ1) is 18.8. The van der Waals surface area contributed by atoms with Crippen LogP contribution in [0.3, 0.4) is 0 Å². The number of ether oxygens (including phenoxy) is 2. The summed E-state index contributed by atoms with van der Waals surface area (Å²) in [6.07, 6.45) is 3.52. The molecule has 1 aliphatic carbocycles. The Labute approximate surface area is 129 Å². The molecule has 0 aliphatic heterocycles. The summed E-state index contributed by atoms with van der Waals surface area (Å²) in [5.74, 6) is 0.720. The quantitative estimate of drug-likeness (QED) is 0.531. The molecule has 5 nitrogen and oxygen atoms in total. The van der Waals surface area contributed by atoms with E-state index in [4.69, 9.17) is 9.47 Å². The Morgan fingerprint density at radius 1 is 1.24 bits per heavy atom. The molecule has 5 heteroatoms. The van der Waals surface area contributed by atoms with E-state index in [1.165, 1.54) is 0 Å². The monoisotopic (exact) mass is 303 g/mol. The molecule has 0 bridgehead atoms. The van der Waals surface area contributed by atoms with Crippen molar-refractivity contribution >= 4 is 0 Å². The van der Waals surface area contributed by atoms with Crippen LogP contribution in [0.15, 0.2) is 0 Å². The van der Waals surface area contributed by atoms with Gasteiger partial charge in [0.05, 0.1) is 37.6 Å². The highest BCUT2D eigenvalue weighted by Gasteiger charge is 2.31. The van der Waals surface area contributed by atoms with Crippen molar-refractivity contribution in [3.05, 3.63) is 0 Å². The van der Waals surface area contributed by atoms with Crippen LogP contribution in [0, 0.1) is 5.92 Å². The number of aliphatic hydroxyl groups excluding tert-OH is 1. The Hall–Kier alpha value is -0.200. The molecule has 1 unspecified atom stereocenters. The number of hydrogen-bond donors (Lipinski definition) is 3. The van der Waals surface area contributed by atoms with Gasteiger partial charge in [0.15, 0.2) is 0 Å². The Balaban J connectivity index is 2.01. The van der Waals surface area contributed by atoms with Crippen molar-refractivity contribution in [2.75, 3.05) is 32.9 Å². The fourth-order valence-electron chi connectivity index (χ4n) is 2.57. The van der Waals surface area contributed by atoms with Gasteiger partial charge >= 0.3 is 0 Å². The zero-order valence-corrected chi connectivity index (χ0v) is 13.8. The van der Waals surface area contributed by atoms with E-state index in [1.807, 2.05) is 13.8 Å². The van der Waals surface area contributed by atoms with E-state index in [1.54, 1.807) is 0 Å². The van der Waals surface area contributed by atoms with Gasteiger partial charge in [-0.05, 0) is 45.4 Å². The van der Waals surface area contributed by atoms with Gasteiger partial charge < -0.3 is 25.0 Å². The van der Waals surface area contributed by atoms with E-state index in [-0.39, 0.29) is 6.10 Å². The molecule has 1 saturated carbocycles. The molecule has 1 atom stereocenters. The van der Waals surface area contributed by atoms with Crippen molar-refractivity contribution in [3.63, 3.8) is 0 Å². The van der Waals surface area contributed by atoms with Gasteiger partial charge in [-0.3, -0.25) is 0 Å². The minimum Gasteiger partial charge on any atom is -0.389 e. The van der Waals surface area contributed by atoms with Gasteiger partial charge in [0.25, 0.3) is 0 Å². The van der Waals surface area contributed by atoms with Crippen LogP contribution in [0.1, 0.15) is 46.5 Å². The smallest absolute Gasteiger partial charge is 0.0897 e. The third-order valence-electron chi connectivity index (χ3n) is 4.03. The molecule has 21 heavy (non-hydrogen) atoms. The van der Waals surface area contributed by atoms with Crippen molar-refractivity contribution in [3.8, 4) is 0 Å². The van der Waals surface area contributed by atoms with Crippen LogP contribution in [-0.2, 0) is 9.47 Å². The maximum absolute atomic E-state index is 10.4. The molecule has 0 aromatic carbocycles. The number of nitrogens with one attached hydrogen (secondary N) is 1. The summed E-state index contributed by atoms with van der Waals surface area (Å²) in [6.45, 7) is 8.54. The molecule has 0 aromatic heterocycles. The van der Waals surface area contributed by atoms with E-state index in [0.717, 1.165) is 31.6 Å². The number of aliphatic hydroxyl groups is 2. The fourth-order valence-corrected chi connectivity index (χ4v) is 2.57. The third kappa shape index (κ3) is 8.73. The molecule has 0 heterocycles. The van der Waals surface area contributed by atoms with Crippen LogP contribution in [0.2, 0.25) is 0 Å². The van der Waals surface area contributed by atoms with E-state index in [9.17, 15) is 10.2 Å². The second-order valence-electron chi connectivity index (χ2n) is 6.69. The van der Waals surface area contributed by atoms with Crippen LogP contribution < -0.4 is 5.32 Å². The van der Waals surface area contributed by atoms with Gasteiger partial charge in [0.2, 0.25) is 0 Å². The number of rotatable bonds is 10. The van der Waals surface area contributed by atoms with Crippen LogP contribution in [-0.4, -0.2) is 60.9 Å². The van der Waals surface area contributed by atoms with Gasteiger partial charge in [-0.15, -0.1) is 0 Å². The van der Waals surface area contributed by atoms with Crippen molar-refractivity contribution in [1.82, 2.24) is 5.32 Å². The topological polar surface area (TPSA) is 71.0 Å². The largest absolute Gasteiger partial charge is 0.389 e. The van der Waals surface area contributed by atoms with E-state index in [2.05, 4.69) is 12.2 Å². The maximum Gasteiger partial charge on any atom is 0.0897 e. The fraction of sp³-hybridized carbons (Fsp3) is 1.00. The molecule has 0 amide bonds. The Bertz CT molecular complexity index is 265. The molecule has 1 rings (SSSR count). The van der Waals surface area contributed by atoms with E-state index >= 15 is 0 Å². The Morgan fingerprint density at radius 2 is 1.90 bits per heavy atom. The summed E-state index contributed by atoms with van der Waals surface area (Å²) in [7, 11) is 0. The molecular formula is C16H33NO4. The second-order valence-corrected chi connectivity index (χ2v) is 6.69. The van der Waals surface area contributed by atoms with Crippen molar-refractivity contribution < 1.29 is 19.7 Å². The highest BCUT2D eigenvalue weighted by Crippen LogP contribution is 2.31. The molecule has 0 saturated heterocycles. The number of hydrogen-bond acceptors (Lipinski definition) is 5. The van der Waals surface area contributed by atoms with Gasteiger partial charge in [-0.2, -0.15) is 0 Å². The molecule has 1 fully saturated rings. The molecule has 3 N–H and O–H groups in total. The highest BCUT2D eigenvalue weighted by molar-refractivity contribution is 4.86. The average Bonchev–Trinajstić information content (AvgIpc) is 2.42. The average molecular weight is 303 g/mol. The van der Waals surface area contributed by atoms with Crippen LogP contribution >= 0.6 is 0 Å². The molecular weight excluding hydrogens is 270 g/mol. The summed E-state index contributed by atoms with van der Waals surface area (Å²) < 4.78 is 10.7. The first-order chi connectivity index (χ1) is 9.91. The second kappa shape index (κ2) is 9.74. The Morgan fingerprint density at radius 3 is 2.52 bits per heavy atom. The summed E-state index contributed by atoms with van der Waals surface area (Å²) in [5, 5.41) is 23.4. The molecule has 126 valence electrons. The summed E-state index contributed by atoms with van der Waals surface area (Å²) in [5.41, 5.74) is -0.599. The van der Waals surface area contributed by atoms with Crippen molar-refractivity contribution in [2.24, 2.45) is 5.92 Å². The zero-order valence-electron chi connectivity index (χ0n) is 13.8. The minimum absolute atomic E-state index is 0.208. The van der Waals surface area contributed by atoms with Crippen LogP contribution in [0.25, 0.3) is 0 Å². The lowest BCUT2D eigenvalue weighted by Gasteiger charge is -2.35. The third-order valence-corrected chi connectivity index (χ3v) is 4.03. The lowest BCUT2D eigenvalue weighted by atomic mass is 9.79. The van der Waals surface area contributed by atoms with Gasteiger partial charge in [-0.1, -0.05) is 6.92 Å². The maximum atomic E-state index is 10.4. The molecule has 1 aliphatic rings. The first-order valence-electron chi connectivity index (χ1n) is 8.22. The predicted octanol–water partition coefficient (Wildman–Crippen LogP) is 1.32. The van der Waals surface area contributed by atoms with Gasteiger partial charge in [0, 0.05) is 13.1 Å². The predicted molar refractivity (Wildman–Crippen MR) is 83.4 cm³/mol. The molecule has 0 spiro atoms. The molecule has 0 radical (unpaired) electrons. The van der Waals surface area contributed by atoms with Crippen LogP contribution in [0.4, 0.5) is 0 Å². The normalized spacial score (nSPS) is 28.0. The Kier molecular flexibility index (Phi) is 8.74. The van der Waals surface area contributed by atoms with Gasteiger partial charge in [-0.25, -0.2) is 0 Å². The lowest BCUT2D eigenvalue weighted by Crippen LogP contribution is -2.45. The summed E-state index contributed by atoms with van der Waals surface area (Å²) >= 11 is 0. The minimum atomic E-state index is -0.599. The zero-order chi connectivity index (χ0) is 15.7. The van der Waals surface area contributed by atoms with Crippen molar-refractivity contribution in [1.29, 1.82) is 0 Å². The summed E-state index contributed by atoms with van der Waals surface area (Å²) in [4.78, 5) is 0. The van der Waals surface area contributed by atoms with Crippen LogP contribution in [0.5, 0.6) is 0 Å². The van der Waals surface area contributed by atoms with Gasteiger partial charge in [0.1, 0.15) is 0 Å². The molecule has 0 aromatic rings. The summed E-state index contributed by atoms with van der Waals surface area (Å²) in [6, 6.07) is 0. The standard InChI is InChI=1S/C16H33NO4/c1-13(2)21-9-8-20-11-15(18)10-17-12-16(19)6-4-14(3)5-7-16/h13-15,17-19H,4-12H2,1-3H3. The van der Waals surface area contributed by atoms with E-state index in [0.29, 0.717) is 32.9 Å². The highest BCUT2D eigenvalue weighted by atomic mass is 16.5. The van der Waals surface area contributed by atoms with Crippen molar-refractivity contribution in [2.45, 2.75) is 64.3 Å². The lowest BCUT2D eigenvalue weighted by molar-refractivity contribution is -0.0200. The SMILES string of the molecule is CC1CCC(O)(CNCC(O)COCCOC(C)C)CC1. The van der Waals surface area contributed by atoms with E-state index < -0.39 is 11.7 Å². The first-order valence-corrected chi connectivity index (χ1v) is 8.22.